The topological polar surface area (TPSA) is 35.2 Å². The number of methoxy groups -OCH3 is 1. The van der Waals surface area contributed by atoms with Crippen molar-refractivity contribution in [1.82, 2.24) is 0 Å². The third kappa shape index (κ3) is 4.03. The van der Waals surface area contributed by atoms with Gasteiger partial charge in [-0.3, -0.25) is 0 Å². The number of thioether (sulfide) groups is 1. The number of hydrogen-bond donors (Lipinski definition) is 1. The molecular formula is C11H16ClNOS. The van der Waals surface area contributed by atoms with E-state index in [1.165, 1.54) is 0 Å². The first kappa shape index (κ1) is 12.8. The molecule has 0 aliphatic carbocycles. The summed E-state index contributed by atoms with van der Waals surface area (Å²) in [5, 5.41) is 0.743. The molecule has 0 bridgehead atoms. The molecule has 4 heteroatoms. The highest BCUT2D eigenvalue weighted by Gasteiger charge is 2.05. The highest BCUT2D eigenvalue weighted by molar-refractivity contribution is 7.99. The molecule has 0 fully saturated rings. The van der Waals surface area contributed by atoms with Gasteiger partial charge in [-0.2, -0.15) is 0 Å². The minimum atomic E-state index is -0.0180. The molecule has 1 rings (SSSR count). The summed E-state index contributed by atoms with van der Waals surface area (Å²) in [6, 6.07) is 5.98. The second-order valence-electron chi connectivity index (χ2n) is 3.31. The Bertz CT molecular complexity index is 317. The summed E-state index contributed by atoms with van der Waals surface area (Å²) in [5.41, 5.74) is 6.77. The first-order valence-corrected chi connectivity index (χ1v) is 6.18. The molecule has 1 aromatic rings. The smallest absolute Gasteiger partial charge is 0.0556 e. The van der Waals surface area contributed by atoms with Crippen molar-refractivity contribution in [2.45, 2.75) is 17.9 Å². The predicted molar refractivity (Wildman–Crippen MR) is 66.7 cm³/mol. The summed E-state index contributed by atoms with van der Waals surface area (Å²) in [5.74, 6) is 0.935. The molecule has 1 aromatic carbocycles. The number of nitrogens with two attached hydrogens (primary N) is 1. The zero-order chi connectivity index (χ0) is 11.3. The molecule has 0 saturated carbocycles. The summed E-state index contributed by atoms with van der Waals surface area (Å²) in [7, 11) is 1.70. The fourth-order valence-corrected chi connectivity index (χ4v) is 2.48. The number of halogens is 1. The maximum Gasteiger partial charge on any atom is 0.0556 e. The van der Waals surface area contributed by atoms with E-state index in [9.17, 15) is 0 Å². The van der Waals surface area contributed by atoms with Gasteiger partial charge in [0.1, 0.15) is 0 Å². The molecule has 84 valence electrons. The van der Waals surface area contributed by atoms with E-state index < -0.39 is 0 Å². The number of ether oxygens (including phenoxy) is 1. The zero-order valence-electron chi connectivity index (χ0n) is 9.00. The van der Waals surface area contributed by atoms with Gasteiger partial charge in [0, 0.05) is 28.8 Å². The standard InChI is InChI=1S/C11H16ClNOS/c1-8(13)10-4-3-9(7-11(10)12)15-6-5-14-2/h3-4,7-8H,5-6,13H2,1-2H3. The van der Waals surface area contributed by atoms with Crippen LogP contribution in [0.1, 0.15) is 18.5 Å². The quantitative estimate of drug-likeness (QED) is 0.640. The fourth-order valence-electron chi connectivity index (χ4n) is 1.21. The Morgan fingerprint density at radius 1 is 1.53 bits per heavy atom. The lowest BCUT2D eigenvalue weighted by Gasteiger charge is -2.09. The van der Waals surface area contributed by atoms with Gasteiger partial charge in [-0.1, -0.05) is 17.7 Å². The lowest BCUT2D eigenvalue weighted by Crippen LogP contribution is -2.05. The van der Waals surface area contributed by atoms with E-state index >= 15 is 0 Å². The van der Waals surface area contributed by atoms with Crippen LogP contribution >= 0.6 is 23.4 Å². The Hall–Kier alpha value is -0.220. The van der Waals surface area contributed by atoms with Crippen molar-refractivity contribution in [2.75, 3.05) is 19.5 Å². The van der Waals surface area contributed by atoms with Crippen LogP contribution in [0.3, 0.4) is 0 Å². The largest absolute Gasteiger partial charge is 0.384 e. The van der Waals surface area contributed by atoms with Crippen molar-refractivity contribution in [2.24, 2.45) is 5.73 Å². The van der Waals surface area contributed by atoms with E-state index in [2.05, 4.69) is 0 Å². The summed E-state index contributed by atoms with van der Waals surface area (Å²) in [6.07, 6.45) is 0. The van der Waals surface area contributed by atoms with Gasteiger partial charge in [0.2, 0.25) is 0 Å². The number of benzene rings is 1. The Kier molecular flexibility index (Phi) is 5.47. The maximum absolute atomic E-state index is 6.11. The lowest BCUT2D eigenvalue weighted by molar-refractivity contribution is 0.218. The highest BCUT2D eigenvalue weighted by Crippen LogP contribution is 2.27. The molecule has 0 saturated heterocycles. The molecule has 0 radical (unpaired) electrons. The van der Waals surface area contributed by atoms with Crippen LogP contribution in [-0.2, 0) is 4.74 Å². The normalized spacial score (nSPS) is 12.8. The average Bonchev–Trinajstić information content (AvgIpc) is 2.17. The van der Waals surface area contributed by atoms with Gasteiger partial charge in [-0.15, -0.1) is 11.8 Å². The lowest BCUT2D eigenvalue weighted by atomic mass is 10.1. The second kappa shape index (κ2) is 6.38. The molecule has 0 heterocycles. The van der Waals surface area contributed by atoms with Gasteiger partial charge in [0.25, 0.3) is 0 Å². The van der Waals surface area contributed by atoms with Gasteiger partial charge in [-0.05, 0) is 24.6 Å². The molecular weight excluding hydrogens is 230 g/mol. The number of hydrogen-bond acceptors (Lipinski definition) is 3. The van der Waals surface area contributed by atoms with E-state index in [1.807, 2.05) is 25.1 Å². The molecule has 1 unspecified atom stereocenters. The van der Waals surface area contributed by atoms with Gasteiger partial charge in [0.15, 0.2) is 0 Å². The van der Waals surface area contributed by atoms with E-state index in [1.54, 1.807) is 18.9 Å². The van der Waals surface area contributed by atoms with Crippen LogP contribution in [-0.4, -0.2) is 19.5 Å². The molecule has 0 aromatic heterocycles. The minimum Gasteiger partial charge on any atom is -0.384 e. The van der Waals surface area contributed by atoms with Crippen LogP contribution in [0.25, 0.3) is 0 Å². The molecule has 0 spiro atoms. The Morgan fingerprint density at radius 3 is 2.80 bits per heavy atom. The number of rotatable bonds is 5. The van der Waals surface area contributed by atoms with Gasteiger partial charge >= 0.3 is 0 Å². The van der Waals surface area contributed by atoms with E-state index in [4.69, 9.17) is 22.1 Å². The Balaban J connectivity index is 2.65. The zero-order valence-corrected chi connectivity index (χ0v) is 10.6. The summed E-state index contributed by atoms with van der Waals surface area (Å²) in [6.45, 7) is 2.68. The van der Waals surface area contributed by atoms with E-state index in [0.29, 0.717) is 0 Å². The van der Waals surface area contributed by atoms with E-state index in [-0.39, 0.29) is 6.04 Å². The summed E-state index contributed by atoms with van der Waals surface area (Å²) < 4.78 is 4.98. The SMILES string of the molecule is COCCSc1ccc(C(C)N)c(Cl)c1. The maximum atomic E-state index is 6.11. The van der Waals surface area contributed by atoms with Crippen LogP contribution in [0.2, 0.25) is 5.02 Å². The Morgan fingerprint density at radius 2 is 2.27 bits per heavy atom. The predicted octanol–water partition coefficient (Wildman–Crippen LogP) is 3.10. The third-order valence-corrected chi connectivity index (χ3v) is 3.30. The van der Waals surface area contributed by atoms with Crippen molar-refractivity contribution >= 4 is 23.4 Å². The van der Waals surface area contributed by atoms with E-state index in [0.717, 1.165) is 27.8 Å². The van der Waals surface area contributed by atoms with Crippen LogP contribution < -0.4 is 5.73 Å². The van der Waals surface area contributed by atoms with Crippen molar-refractivity contribution < 1.29 is 4.74 Å². The fraction of sp³-hybridized carbons (Fsp3) is 0.455. The van der Waals surface area contributed by atoms with Crippen LogP contribution in [0.15, 0.2) is 23.1 Å². The van der Waals surface area contributed by atoms with Gasteiger partial charge in [0.05, 0.1) is 6.61 Å². The minimum absolute atomic E-state index is 0.0180. The van der Waals surface area contributed by atoms with Crippen LogP contribution in [0, 0.1) is 0 Å². The van der Waals surface area contributed by atoms with Crippen molar-refractivity contribution in [3.63, 3.8) is 0 Å². The highest BCUT2D eigenvalue weighted by atomic mass is 35.5. The summed E-state index contributed by atoms with van der Waals surface area (Å²) >= 11 is 7.84. The van der Waals surface area contributed by atoms with Crippen molar-refractivity contribution in [3.8, 4) is 0 Å². The van der Waals surface area contributed by atoms with Crippen molar-refractivity contribution in [3.05, 3.63) is 28.8 Å². The first-order chi connectivity index (χ1) is 7.15. The van der Waals surface area contributed by atoms with Crippen LogP contribution in [0.5, 0.6) is 0 Å². The molecule has 2 N–H and O–H groups in total. The molecule has 0 amide bonds. The molecule has 0 aliphatic heterocycles. The second-order valence-corrected chi connectivity index (χ2v) is 4.89. The molecule has 2 nitrogen and oxygen atoms in total. The Labute approximate surface area is 100 Å². The van der Waals surface area contributed by atoms with Gasteiger partial charge in [-0.25, -0.2) is 0 Å². The van der Waals surface area contributed by atoms with Gasteiger partial charge < -0.3 is 10.5 Å². The molecule has 15 heavy (non-hydrogen) atoms. The monoisotopic (exact) mass is 245 g/mol. The first-order valence-electron chi connectivity index (χ1n) is 4.82. The van der Waals surface area contributed by atoms with Crippen LogP contribution in [0.4, 0.5) is 0 Å². The summed E-state index contributed by atoms with van der Waals surface area (Å²) in [4.78, 5) is 1.15. The molecule has 1 atom stereocenters. The molecule has 0 aliphatic rings. The average molecular weight is 246 g/mol. The third-order valence-electron chi connectivity index (χ3n) is 2.02. The van der Waals surface area contributed by atoms with Crippen molar-refractivity contribution in [1.29, 1.82) is 0 Å².